The lowest BCUT2D eigenvalue weighted by molar-refractivity contribution is -0.127. The van der Waals surface area contributed by atoms with Crippen LogP contribution in [0.15, 0.2) is 78.9 Å². The van der Waals surface area contributed by atoms with E-state index in [1.807, 2.05) is 54.6 Å². The van der Waals surface area contributed by atoms with Crippen molar-refractivity contribution in [2.24, 2.45) is 0 Å². The summed E-state index contributed by atoms with van der Waals surface area (Å²) in [6, 6.07) is 25.9. The van der Waals surface area contributed by atoms with Gasteiger partial charge >= 0.3 is 0 Å². The van der Waals surface area contributed by atoms with Crippen molar-refractivity contribution in [1.82, 2.24) is 5.32 Å². The largest absolute Gasteiger partial charge is 0.481 e. The number of benzene rings is 3. The summed E-state index contributed by atoms with van der Waals surface area (Å²) in [5, 5.41) is 3.17. The van der Waals surface area contributed by atoms with E-state index < -0.39 is 6.10 Å². The van der Waals surface area contributed by atoms with Crippen LogP contribution in [0.4, 0.5) is 0 Å². The van der Waals surface area contributed by atoms with Crippen LogP contribution in [0.1, 0.15) is 55.0 Å². The van der Waals surface area contributed by atoms with E-state index in [-0.39, 0.29) is 11.9 Å². The van der Waals surface area contributed by atoms with Crippen molar-refractivity contribution in [3.63, 3.8) is 0 Å². The standard InChI is InChI=1S/C26H29NO2/c1-18(2)23-12-8-9-13-24(23)29-20(4)26(28)27-25(21-10-6-5-7-11-21)22-16-14-19(3)15-17-22/h5-18,20,25H,1-4H3,(H,27,28)/t20-,25+/m0/s1. The van der Waals surface area contributed by atoms with E-state index >= 15 is 0 Å². The van der Waals surface area contributed by atoms with Gasteiger partial charge in [0.1, 0.15) is 5.75 Å². The fraction of sp³-hybridized carbons (Fsp3) is 0.269. The van der Waals surface area contributed by atoms with Gasteiger partial charge in [0.2, 0.25) is 0 Å². The van der Waals surface area contributed by atoms with Gasteiger partial charge in [0, 0.05) is 0 Å². The highest BCUT2D eigenvalue weighted by Gasteiger charge is 2.22. The maximum Gasteiger partial charge on any atom is 0.261 e. The van der Waals surface area contributed by atoms with Crippen LogP contribution in [0.3, 0.4) is 0 Å². The Labute approximate surface area is 173 Å². The number of ether oxygens (including phenoxy) is 1. The highest BCUT2D eigenvalue weighted by molar-refractivity contribution is 5.81. The fourth-order valence-electron chi connectivity index (χ4n) is 3.33. The molecular weight excluding hydrogens is 358 g/mol. The highest BCUT2D eigenvalue weighted by Crippen LogP contribution is 2.27. The van der Waals surface area contributed by atoms with Gasteiger partial charge in [-0.15, -0.1) is 0 Å². The number of rotatable bonds is 7. The van der Waals surface area contributed by atoms with E-state index in [1.54, 1.807) is 6.92 Å². The molecule has 0 spiro atoms. The lowest BCUT2D eigenvalue weighted by atomic mass is 9.97. The Hall–Kier alpha value is -3.07. The average Bonchev–Trinajstić information content (AvgIpc) is 2.73. The molecule has 0 heterocycles. The van der Waals surface area contributed by atoms with E-state index in [4.69, 9.17) is 4.74 Å². The molecule has 3 rings (SSSR count). The smallest absolute Gasteiger partial charge is 0.261 e. The van der Waals surface area contributed by atoms with Gasteiger partial charge in [-0.2, -0.15) is 0 Å². The average molecular weight is 388 g/mol. The summed E-state index contributed by atoms with van der Waals surface area (Å²) in [6.07, 6.45) is -0.605. The van der Waals surface area contributed by atoms with Crippen LogP contribution in [-0.2, 0) is 4.79 Å². The van der Waals surface area contributed by atoms with Gasteiger partial charge in [-0.25, -0.2) is 0 Å². The minimum Gasteiger partial charge on any atom is -0.481 e. The minimum absolute atomic E-state index is 0.141. The van der Waals surface area contributed by atoms with Gasteiger partial charge in [0.15, 0.2) is 6.10 Å². The third-order valence-corrected chi connectivity index (χ3v) is 5.04. The molecule has 0 bridgehead atoms. The van der Waals surface area contributed by atoms with Crippen molar-refractivity contribution in [1.29, 1.82) is 0 Å². The molecule has 0 radical (unpaired) electrons. The molecule has 150 valence electrons. The Morgan fingerprint density at radius 2 is 1.38 bits per heavy atom. The molecule has 0 aliphatic carbocycles. The third kappa shape index (κ3) is 5.26. The minimum atomic E-state index is -0.605. The first-order chi connectivity index (χ1) is 14.0. The number of hydrogen-bond acceptors (Lipinski definition) is 2. The van der Waals surface area contributed by atoms with Crippen molar-refractivity contribution in [2.75, 3.05) is 0 Å². The molecule has 1 amide bonds. The maximum atomic E-state index is 13.0. The predicted molar refractivity (Wildman–Crippen MR) is 118 cm³/mol. The lowest BCUT2D eigenvalue weighted by Crippen LogP contribution is -2.39. The quantitative estimate of drug-likeness (QED) is 0.557. The molecule has 0 fully saturated rings. The molecular formula is C26H29NO2. The maximum absolute atomic E-state index is 13.0. The molecule has 3 aromatic rings. The first-order valence-corrected chi connectivity index (χ1v) is 10.1. The summed E-state index contributed by atoms with van der Waals surface area (Å²) in [5.74, 6) is 0.945. The SMILES string of the molecule is Cc1ccc([C@H](NC(=O)[C@H](C)Oc2ccccc2C(C)C)c2ccccc2)cc1. The van der Waals surface area contributed by atoms with Gasteiger partial charge in [-0.3, -0.25) is 4.79 Å². The third-order valence-electron chi connectivity index (χ3n) is 5.04. The molecule has 0 aliphatic heterocycles. The van der Waals surface area contributed by atoms with E-state index in [0.29, 0.717) is 5.92 Å². The van der Waals surface area contributed by atoms with E-state index in [2.05, 4.69) is 50.4 Å². The van der Waals surface area contributed by atoms with Gasteiger partial charge in [-0.1, -0.05) is 92.2 Å². The van der Waals surface area contributed by atoms with Gasteiger partial charge in [0.05, 0.1) is 6.04 Å². The summed E-state index contributed by atoms with van der Waals surface area (Å²) < 4.78 is 6.05. The zero-order valence-corrected chi connectivity index (χ0v) is 17.6. The van der Waals surface area contributed by atoms with Crippen LogP contribution in [0.5, 0.6) is 5.75 Å². The van der Waals surface area contributed by atoms with Crippen molar-refractivity contribution in [3.05, 3.63) is 101 Å². The lowest BCUT2D eigenvalue weighted by Gasteiger charge is -2.24. The number of hydrogen-bond donors (Lipinski definition) is 1. The Morgan fingerprint density at radius 3 is 2.03 bits per heavy atom. The van der Waals surface area contributed by atoms with Crippen molar-refractivity contribution < 1.29 is 9.53 Å². The van der Waals surface area contributed by atoms with Crippen molar-refractivity contribution in [3.8, 4) is 5.75 Å². The summed E-state index contributed by atoms with van der Waals surface area (Å²) in [4.78, 5) is 13.0. The predicted octanol–water partition coefficient (Wildman–Crippen LogP) is 5.79. The molecule has 3 nitrogen and oxygen atoms in total. The van der Waals surface area contributed by atoms with E-state index in [1.165, 1.54) is 5.56 Å². The summed E-state index contributed by atoms with van der Waals surface area (Å²) in [6.45, 7) is 8.09. The van der Waals surface area contributed by atoms with Gasteiger partial charge in [0.25, 0.3) is 5.91 Å². The van der Waals surface area contributed by atoms with Crippen LogP contribution in [-0.4, -0.2) is 12.0 Å². The van der Waals surface area contributed by atoms with Crippen LogP contribution < -0.4 is 10.1 Å². The fourth-order valence-corrected chi connectivity index (χ4v) is 3.33. The second kappa shape index (κ2) is 9.42. The molecule has 1 N–H and O–H groups in total. The molecule has 0 unspecified atom stereocenters. The van der Waals surface area contributed by atoms with Gasteiger partial charge < -0.3 is 10.1 Å². The number of amides is 1. The first kappa shape index (κ1) is 20.7. The van der Waals surface area contributed by atoms with Crippen LogP contribution in [0, 0.1) is 6.92 Å². The van der Waals surface area contributed by atoms with Crippen LogP contribution >= 0.6 is 0 Å². The monoisotopic (exact) mass is 387 g/mol. The van der Waals surface area contributed by atoms with Crippen LogP contribution in [0.25, 0.3) is 0 Å². The highest BCUT2D eigenvalue weighted by atomic mass is 16.5. The normalized spacial score (nSPS) is 13.0. The van der Waals surface area contributed by atoms with Crippen LogP contribution in [0.2, 0.25) is 0 Å². The molecule has 0 saturated carbocycles. The molecule has 2 atom stereocenters. The van der Waals surface area contributed by atoms with E-state index in [0.717, 1.165) is 22.4 Å². The number of aryl methyl sites for hydroxylation is 1. The molecule has 29 heavy (non-hydrogen) atoms. The first-order valence-electron chi connectivity index (χ1n) is 10.1. The number of para-hydroxylation sites is 1. The van der Waals surface area contributed by atoms with Gasteiger partial charge in [-0.05, 0) is 42.5 Å². The van der Waals surface area contributed by atoms with E-state index in [9.17, 15) is 4.79 Å². The summed E-state index contributed by atoms with van der Waals surface area (Å²) >= 11 is 0. The Bertz CT molecular complexity index is 932. The number of carbonyl (C=O) groups excluding carboxylic acids is 1. The zero-order chi connectivity index (χ0) is 20.8. The number of nitrogens with one attached hydrogen (secondary N) is 1. The van der Waals surface area contributed by atoms with Crippen molar-refractivity contribution in [2.45, 2.75) is 45.8 Å². The molecule has 3 heteroatoms. The Balaban J connectivity index is 1.80. The molecule has 0 aromatic heterocycles. The second-order valence-corrected chi connectivity index (χ2v) is 7.72. The molecule has 0 saturated heterocycles. The molecule has 3 aromatic carbocycles. The summed E-state index contributed by atoms with van der Waals surface area (Å²) in [5.41, 5.74) is 4.38. The second-order valence-electron chi connectivity index (χ2n) is 7.72. The van der Waals surface area contributed by atoms with Crippen molar-refractivity contribution >= 4 is 5.91 Å². The number of carbonyl (C=O) groups is 1. The Morgan fingerprint density at radius 1 is 0.793 bits per heavy atom. The molecule has 0 aliphatic rings. The topological polar surface area (TPSA) is 38.3 Å². The Kier molecular flexibility index (Phi) is 6.71. The summed E-state index contributed by atoms with van der Waals surface area (Å²) in [7, 11) is 0. The zero-order valence-electron chi connectivity index (χ0n) is 17.6.